The number of fused-ring (bicyclic) bond motifs is 1. The van der Waals surface area contributed by atoms with E-state index in [2.05, 4.69) is 28.5 Å². The van der Waals surface area contributed by atoms with E-state index in [0.717, 1.165) is 19.6 Å². The van der Waals surface area contributed by atoms with Crippen molar-refractivity contribution in [2.45, 2.75) is 12.5 Å². The zero-order valence-electron chi connectivity index (χ0n) is 10.8. The van der Waals surface area contributed by atoms with E-state index < -0.39 is 0 Å². The Hall–Kier alpha value is -0.940. The van der Waals surface area contributed by atoms with Crippen LogP contribution in [0, 0.1) is 0 Å². The number of hydrogen-bond donors (Lipinski definition) is 1. The summed E-state index contributed by atoms with van der Waals surface area (Å²) in [6.45, 7) is 1.66. The van der Waals surface area contributed by atoms with Crippen LogP contribution in [0.3, 0.4) is 0 Å². The van der Waals surface area contributed by atoms with Crippen molar-refractivity contribution >= 4 is 23.7 Å². The molecule has 0 unspecified atom stereocenters. The van der Waals surface area contributed by atoms with E-state index in [-0.39, 0.29) is 18.5 Å². The van der Waals surface area contributed by atoms with E-state index in [1.54, 1.807) is 11.3 Å². The highest BCUT2D eigenvalue weighted by atomic mass is 35.5. The first-order valence-corrected chi connectivity index (χ1v) is 7.05. The predicted molar refractivity (Wildman–Crippen MR) is 81.1 cm³/mol. The maximum absolute atomic E-state index is 5.84. The molecule has 0 amide bonds. The van der Waals surface area contributed by atoms with Crippen LogP contribution in [0.2, 0.25) is 0 Å². The first-order chi connectivity index (χ1) is 8.90. The van der Waals surface area contributed by atoms with Gasteiger partial charge in [0, 0.05) is 12.7 Å². The van der Waals surface area contributed by atoms with Gasteiger partial charge in [0.05, 0.1) is 23.1 Å². The Morgan fingerprint density at radius 2 is 2.37 bits per heavy atom. The highest BCUT2D eigenvalue weighted by Gasteiger charge is 2.22. The number of thiazole rings is 1. The van der Waals surface area contributed by atoms with Gasteiger partial charge in [-0.05, 0) is 30.2 Å². The minimum absolute atomic E-state index is 0. The van der Waals surface area contributed by atoms with Crippen LogP contribution in [0.25, 0.3) is 10.4 Å². The summed E-state index contributed by atoms with van der Waals surface area (Å²) in [5, 5.41) is 3.20. The van der Waals surface area contributed by atoms with Crippen LogP contribution >= 0.6 is 23.7 Å². The molecular weight excluding hydrogens is 280 g/mol. The van der Waals surface area contributed by atoms with E-state index in [1.807, 2.05) is 18.8 Å². The lowest BCUT2D eigenvalue weighted by molar-refractivity contribution is 0.0440. The smallest absolute Gasteiger partial charge is 0.0952 e. The molecule has 102 valence electrons. The highest BCUT2D eigenvalue weighted by molar-refractivity contribution is 7.13. The summed E-state index contributed by atoms with van der Waals surface area (Å²) in [6, 6.07) is 6.49. The highest BCUT2D eigenvalue weighted by Crippen LogP contribution is 2.35. The van der Waals surface area contributed by atoms with Gasteiger partial charge in [-0.1, -0.05) is 18.2 Å². The third-order valence-electron chi connectivity index (χ3n) is 3.32. The van der Waals surface area contributed by atoms with Gasteiger partial charge >= 0.3 is 0 Å². The third kappa shape index (κ3) is 2.82. The molecule has 1 atom stereocenters. The topological polar surface area (TPSA) is 34.1 Å². The molecule has 19 heavy (non-hydrogen) atoms. The van der Waals surface area contributed by atoms with Crippen LogP contribution in [-0.4, -0.2) is 25.2 Å². The Kier molecular flexibility index (Phi) is 4.93. The SMILES string of the molecule is CNC[C@H]1OCCc2c(-c3cncs3)cccc21.Cl. The maximum atomic E-state index is 5.84. The Balaban J connectivity index is 0.00000133. The molecular formula is C14H17ClN2OS. The zero-order chi connectivity index (χ0) is 12.4. The normalized spacial score (nSPS) is 17.6. The van der Waals surface area contributed by atoms with Crippen molar-refractivity contribution in [3.63, 3.8) is 0 Å². The number of nitrogens with zero attached hydrogens (tertiary/aromatic N) is 1. The Morgan fingerprint density at radius 1 is 1.47 bits per heavy atom. The van der Waals surface area contributed by atoms with Gasteiger partial charge in [-0.15, -0.1) is 23.7 Å². The van der Waals surface area contributed by atoms with Crippen molar-refractivity contribution in [3.8, 4) is 10.4 Å². The second kappa shape index (κ2) is 6.48. The average molecular weight is 297 g/mol. The second-order valence-corrected chi connectivity index (χ2v) is 5.29. The fourth-order valence-electron chi connectivity index (χ4n) is 2.51. The maximum Gasteiger partial charge on any atom is 0.0952 e. The number of benzene rings is 1. The molecule has 0 aliphatic carbocycles. The van der Waals surface area contributed by atoms with Crippen LogP contribution in [0.15, 0.2) is 29.9 Å². The number of hydrogen-bond acceptors (Lipinski definition) is 4. The molecule has 0 bridgehead atoms. The molecule has 3 nitrogen and oxygen atoms in total. The van der Waals surface area contributed by atoms with Crippen molar-refractivity contribution in [3.05, 3.63) is 41.0 Å². The van der Waals surface area contributed by atoms with E-state index in [1.165, 1.54) is 21.6 Å². The number of ether oxygens (including phenoxy) is 1. The summed E-state index contributed by atoms with van der Waals surface area (Å²) >= 11 is 1.70. The molecule has 1 aromatic heterocycles. The van der Waals surface area contributed by atoms with Gasteiger partial charge in [-0.3, -0.25) is 4.98 Å². The predicted octanol–water partition coefficient (Wildman–Crippen LogP) is 3.07. The molecule has 2 aromatic rings. The molecule has 0 radical (unpaired) electrons. The quantitative estimate of drug-likeness (QED) is 0.945. The molecule has 3 rings (SSSR count). The molecule has 1 aliphatic rings. The van der Waals surface area contributed by atoms with Crippen LogP contribution in [0.5, 0.6) is 0 Å². The fourth-order valence-corrected chi connectivity index (χ4v) is 3.19. The standard InChI is InChI=1S/C14H16N2OS.ClH/c1-15-7-13-11-3-2-4-12(10(11)5-6-17-13)14-8-16-9-18-14;/h2-4,8-9,13,15H,5-7H2,1H3;1H/t13-;/m1./s1. The summed E-state index contributed by atoms with van der Waals surface area (Å²) in [5.41, 5.74) is 5.95. The van der Waals surface area contributed by atoms with Crippen molar-refractivity contribution in [2.75, 3.05) is 20.2 Å². The molecule has 0 saturated heterocycles. The van der Waals surface area contributed by atoms with Crippen LogP contribution in [-0.2, 0) is 11.2 Å². The van der Waals surface area contributed by atoms with E-state index in [0.29, 0.717) is 0 Å². The van der Waals surface area contributed by atoms with E-state index >= 15 is 0 Å². The van der Waals surface area contributed by atoms with Crippen LogP contribution < -0.4 is 5.32 Å². The number of likely N-dealkylation sites (N-methyl/N-ethyl adjacent to an activating group) is 1. The van der Waals surface area contributed by atoms with E-state index in [4.69, 9.17) is 4.74 Å². The number of halogens is 1. The minimum atomic E-state index is 0. The summed E-state index contributed by atoms with van der Waals surface area (Å²) in [4.78, 5) is 5.42. The monoisotopic (exact) mass is 296 g/mol. The first-order valence-electron chi connectivity index (χ1n) is 6.17. The number of nitrogens with one attached hydrogen (secondary N) is 1. The first kappa shape index (κ1) is 14.5. The zero-order valence-corrected chi connectivity index (χ0v) is 12.4. The molecule has 1 aromatic carbocycles. The lowest BCUT2D eigenvalue weighted by Gasteiger charge is -2.27. The lowest BCUT2D eigenvalue weighted by Crippen LogP contribution is -2.25. The second-order valence-electron chi connectivity index (χ2n) is 4.41. The van der Waals surface area contributed by atoms with Gasteiger partial charge in [-0.25, -0.2) is 0 Å². The van der Waals surface area contributed by atoms with Crippen molar-refractivity contribution in [1.29, 1.82) is 0 Å². The summed E-state index contributed by atoms with van der Waals surface area (Å²) < 4.78 is 5.84. The molecule has 0 spiro atoms. The lowest BCUT2D eigenvalue weighted by atomic mass is 9.92. The Bertz CT molecular complexity index is 530. The van der Waals surface area contributed by atoms with Gasteiger partial charge in [0.2, 0.25) is 0 Å². The summed E-state index contributed by atoms with van der Waals surface area (Å²) in [7, 11) is 1.96. The van der Waals surface area contributed by atoms with Gasteiger partial charge in [-0.2, -0.15) is 0 Å². The number of aromatic nitrogens is 1. The van der Waals surface area contributed by atoms with E-state index in [9.17, 15) is 0 Å². The fraction of sp³-hybridized carbons (Fsp3) is 0.357. The molecule has 0 fully saturated rings. The van der Waals surface area contributed by atoms with Gasteiger partial charge < -0.3 is 10.1 Å². The van der Waals surface area contributed by atoms with Crippen molar-refractivity contribution in [1.82, 2.24) is 10.3 Å². The molecule has 1 aliphatic heterocycles. The van der Waals surface area contributed by atoms with Gasteiger partial charge in [0.25, 0.3) is 0 Å². The Morgan fingerprint density at radius 3 is 3.11 bits per heavy atom. The largest absolute Gasteiger partial charge is 0.372 e. The van der Waals surface area contributed by atoms with Crippen molar-refractivity contribution in [2.24, 2.45) is 0 Å². The van der Waals surface area contributed by atoms with Crippen LogP contribution in [0.4, 0.5) is 0 Å². The number of rotatable bonds is 3. The minimum Gasteiger partial charge on any atom is -0.372 e. The molecule has 5 heteroatoms. The van der Waals surface area contributed by atoms with Crippen LogP contribution in [0.1, 0.15) is 17.2 Å². The summed E-state index contributed by atoms with van der Waals surface area (Å²) in [5.74, 6) is 0. The molecule has 0 saturated carbocycles. The third-order valence-corrected chi connectivity index (χ3v) is 4.12. The molecule has 1 N–H and O–H groups in total. The van der Waals surface area contributed by atoms with Gasteiger partial charge in [0.1, 0.15) is 0 Å². The van der Waals surface area contributed by atoms with Gasteiger partial charge in [0.15, 0.2) is 0 Å². The Labute approximate surface area is 123 Å². The van der Waals surface area contributed by atoms with Crippen molar-refractivity contribution < 1.29 is 4.74 Å². The average Bonchev–Trinajstić information content (AvgIpc) is 2.93. The molecule has 2 heterocycles. The summed E-state index contributed by atoms with van der Waals surface area (Å²) in [6.07, 6.45) is 3.11.